The van der Waals surface area contributed by atoms with Gasteiger partial charge in [0, 0.05) is 22.8 Å². The molecular formula is C20H22F3NO2S. The number of methoxy groups -OCH3 is 1. The van der Waals surface area contributed by atoms with E-state index in [1.165, 1.54) is 24.9 Å². The molecule has 0 spiro atoms. The number of halogens is 3. The van der Waals surface area contributed by atoms with Crippen molar-refractivity contribution >= 4 is 23.4 Å². The number of benzene rings is 2. The fourth-order valence-electron chi connectivity index (χ4n) is 2.42. The van der Waals surface area contributed by atoms with Crippen LogP contribution in [0.25, 0.3) is 0 Å². The summed E-state index contributed by atoms with van der Waals surface area (Å²) in [6.45, 7) is 4.26. The molecule has 0 fully saturated rings. The third-order valence-electron chi connectivity index (χ3n) is 3.96. The van der Waals surface area contributed by atoms with E-state index in [1.54, 1.807) is 30.3 Å². The molecule has 7 heteroatoms. The molecule has 0 aliphatic carbocycles. The summed E-state index contributed by atoms with van der Waals surface area (Å²) >= 11 is 1.38. The van der Waals surface area contributed by atoms with Gasteiger partial charge in [0.25, 0.3) is 5.91 Å². The second-order valence-corrected chi connectivity index (χ2v) is 7.64. The number of ether oxygens (including phenoxy) is 1. The van der Waals surface area contributed by atoms with Crippen LogP contribution < -0.4 is 5.32 Å². The molecule has 0 heterocycles. The molecule has 1 atom stereocenters. The second-order valence-electron chi connectivity index (χ2n) is 6.13. The predicted molar refractivity (Wildman–Crippen MR) is 102 cm³/mol. The van der Waals surface area contributed by atoms with Crippen molar-refractivity contribution in [2.24, 2.45) is 0 Å². The summed E-state index contributed by atoms with van der Waals surface area (Å²) in [6.07, 6.45) is -3.71. The van der Waals surface area contributed by atoms with E-state index in [4.69, 9.17) is 4.74 Å². The predicted octanol–water partition coefficient (Wildman–Crippen LogP) is 5.99. The Labute approximate surface area is 161 Å². The maximum atomic E-state index is 13.5. The van der Waals surface area contributed by atoms with Crippen molar-refractivity contribution in [3.63, 3.8) is 0 Å². The topological polar surface area (TPSA) is 38.3 Å². The molecule has 146 valence electrons. The van der Waals surface area contributed by atoms with E-state index in [-0.39, 0.29) is 16.5 Å². The molecule has 0 saturated heterocycles. The molecule has 0 aliphatic rings. The monoisotopic (exact) mass is 397 g/mol. The van der Waals surface area contributed by atoms with Crippen LogP contribution >= 0.6 is 11.8 Å². The van der Waals surface area contributed by atoms with Crippen molar-refractivity contribution in [3.8, 4) is 0 Å². The van der Waals surface area contributed by atoms with Crippen LogP contribution in [0.1, 0.15) is 41.8 Å². The number of anilines is 1. The van der Waals surface area contributed by atoms with Crippen LogP contribution in [0.5, 0.6) is 0 Å². The smallest absolute Gasteiger partial charge is 0.380 e. The number of thioether (sulfide) groups is 1. The lowest BCUT2D eigenvalue weighted by molar-refractivity contribution is -0.137. The van der Waals surface area contributed by atoms with Crippen molar-refractivity contribution in [1.29, 1.82) is 0 Å². The summed E-state index contributed by atoms with van der Waals surface area (Å²) in [4.78, 5) is 13.0. The lowest BCUT2D eigenvalue weighted by Crippen LogP contribution is -2.17. The molecule has 0 saturated carbocycles. The van der Waals surface area contributed by atoms with Gasteiger partial charge in [-0.05, 0) is 42.3 Å². The van der Waals surface area contributed by atoms with E-state index < -0.39 is 17.6 Å². The fraction of sp³-hybridized carbons (Fsp3) is 0.350. The van der Waals surface area contributed by atoms with Gasteiger partial charge in [0.05, 0.1) is 17.9 Å². The Balaban J connectivity index is 2.29. The van der Waals surface area contributed by atoms with E-state index in [9.17, 15) is 18.0 Å². The minimum Gasteiger partial charge on any atom is -0.380 e. The highest BCUT2D eigenvalue weighted by molar-refractivity contribution is 7.99. The van der Waals surface area contributed by atoms with Crippen LogP contribution in [-0.4, -0.2) is 18.3 Å². The minimum atomic E-state index is -4.56. The van der Waals surface area contributed by atoms with Crippen LogP contribution in [0.4, 0.5) is 18.9 Å². The molecule has 1 amide bonds. The Kier molecular flexibility index (Phi) is 7.33. The fourth-order valence-corrected chi connectivity index (χ4v) is 3.38. The van der Waals surface area contributed by atoms with Crippen LogP contribution in [0.15, 0.2) is 47.4 Å². The zero-order chi connectivity index (χ0) is 20.0. The van der Waals surface area contributed by atoms with Crippen molar-refractivity contribution in [2.45, 2.75) is 43.2 Å². The maximum absolute atomic E-state index is 13.5. The number of alkyl halides is 3. The summed E-state index contributed by atoms with van der Waals surface area (Å²) in [6, 6.07) is 10.6. The molecule has 2 aromatic rings. The van der Waals surface area contributed by atoms with Crippen LogP contribution in [0, 0.1) is 0 Å². The first-order valence-electron chi connectivity index (χ1n) is 8.51. The summed E-state index contributed by atoms with van der Waals surface area (Å²) in [5.74, 6) is -0.596. The highest BCUT2D eigenvalue weighted by atomic mass is 32.2. The van der Waals surface area contributed by atoms with Gasteiger partial charge in [0.15, 0.2) is 0 Å². The molecule has 0 aromatic heterocycles. The average Bonchev–Trinajstić information content (AvgIpc) is 2.62. The average molecular weight is 397 g/mol. The van der Waals surface area contributed by atoms with Crippen LogP contribution in [0.3, 0.4) is 0 Å². The molecule has 0 bridgehead atoms. The number of rotatable bonds is 7. The number of nitrogens with one attached hydrogen (secondary N) is 1. The Hall–Kier alpha value is -1.99. The van der Waals surface area contributed by atoms with Gasteiger partial charge >= 0.3 is 6.18 Å². The third kappa shape index (κ3) is 6.01. The quantitative estimate of drug-likeness (QED) is 0.583. The van der Waals surface area contributed by atoms with Gasteiger partial charge in [-0.15, -0.1) is 11.8 Å². The Bertz CT molecular complexity index is 793. The summed E-state index contributed by atoms with van der Waals surface area (Å²) in [5.41, 5.74) is -0.0624. The van der Waals surface area contributed by atoms with Gasteiger partial charge in [-0.25, -0.2) is 0 Å². The van der Waals surface area contributed by atoms with Crippen LogP contribution in [0.2, 0.25) is 0 Å². The van der Waals surface area contributed by atoms with E-state index in [0.717, 1.165) is 18.1 Å². The van der Waals surface area contributed by atoms with Crippen molar-refractivity contribution < 1.29 is 22.7 Å². The molecule has 2 rings (SSSR count). The lowest BCUT2D eigenvalue weighted by atomic mass is 10.1. The Morgan fingerprint density at radius 1 is 1.22 bits per heavy atom. The maximum Gasteiger partial charge on any atom is 0.418 e. The van der Waals surface area contributed by atoms with Gasteiger partial charge in [0.2, 0.25) is 0 Å². The highest BCUT2D eigenvalue weighted by Crippen LogP contribution is 2.38. The Morgan fingerprint density at radius 2 is 1.96 bits per heavy atom. The van der Waals surface area contributed by atoms with Crippen molar-refractivity contribution in [1.82, 2.24) is 0 Å². The summed E-state index contributed by atoms with van der Waals surface area (Å²) in [5, 5.41) is 2.59. The molecule has 1 N–H and O–H groups in total. The summed E-state index contributed by atoms with van der Waals surface area (Å²) < 4.78 is 45.5. The number of carbonyl (C=O) groups excluding carboxylic acids is 1. The minimum absolute atomic E-state index is 0.204. The van der Waals surface area contributed by atoms with E-state index in [1.807, 2.05) is 13.8 Å². The molecule has 0 radical (unpaired) electrons. The summed E-state index contributed by atoms with van der Waals surface area (Å²) in [7, 11) is 1.53. The van der Waals surface area contributed by atoms with Gasteiger partial charge in [-0.1, -0.05) is 26.0 Å². The number of hydrogen-bond donors (Lipinski definition) is 1. The van der Waals surface area contributed by atoms with E-state index in [0.29, 0.717) is 11.5 Å². The molecule has 2 aromatic carbocycles. The number of hydrogen-bond acceptors (Lipinski definition) is 3. The molecule has 1 unspecified atom stereocenters. The van der Waals surface area contributed by atoms with Gasteiger partial charge in [-0.3, -0.25) is 4.79 Å². The highest BCUT2D eigenvalue weighted by Gasteiger charge is 2.34. The van der Waals surface area contributed by atoms with Gasteiger partial charge < -0.3 is 10.1 Å². The molecule has 3 nitrogen and oxygen atoms in total. The first kappa shape index (κ1) is 21.3. The van der Waals surface area contributed by atoms with Crippen LogP contribution in [-0.2, 0) is 17.5 Å². The number of amides is 1. The number of carbonyl (C=O) groups is 1. The molecule has 27 heavy (non-hydrogen) atoms. The van der Waals surface area contributed by atoms with Crippen molar-refractivity contribution in [3.05, 3.63) is 59.2 Å². The third-order valence-corrected chi connectivity index (χ3v) is 5.22. The van der Waals surface area contributed by atoms with Crippen molar-refractivity contribution in [2.75, 3.05) is 12.4 Å². The lowest BCUT2D eigenvalue weighted by Gasteiger charge is -2.16. The largest absolute Gasteiger partial charge is 0.418 e. The van der Waals surface area contributed by atoms with E-state index in [2.05, 4.69) is 5.32 Å². The second kappa shape index (κ2) is 9.28. The normalized spacial score (nSPS) is 12.7. The zero-order valence-corrected chi connectivity index (χ0v) is 16.2. The first-order chi connectivity index (χ1) is 12.7. The van der Waals surface area contributed by atoms with Gasteiger partial charge in [0.1, 0.15) is 0 Å². The molecular weight excluding hydrogens is 375 g/mol. The SMILES string of the molecule is CCC(C)Sc1ccc(NC(=O)c2cccc(COC)c2)c(C(F)(F)F)c1. The first-order valence-corrected chi connectivity index (χ1v) is 9.39. The zero-order valence-electron chi connectivity index (χ0n) is 15.4. The van der Waals surface area contributed by atoms with E-state index >= 15 is 0 Å². The Morgan fingerprint density at radius 3 is 2.59 bits per heavy atom. The van der Waals surface area contributed by atoms with Gasteiger partial charge in [-0.2, -0.15) is 13.2 Å². The standard InChI is InChI=1S/C20H22F3NO2S/c1-4-13(2)27-16-8-9-18(17(11-16)20(21,22)23)24-19(25)15-7-5-6-14(10-15)12-26-3/h5-11,13H,4,12H2,1-3H3,(H,24,25). The molecule has 0 aliphatic heterocycles.